The molecule has 28 nitrogen and oxygen atoms in total. The van der Waals surface area contributed by atoms with Gasteiger partial charge in [-0.3, -0.25) is 29.0 Å². The first kappa shape index (κ1) is 99.3. The lowest BCUT2D eigenvalue weighted by molar-refractivity contribution is 0.101. The topological polar surface area (TPSA) is 318 Å². The maximum atomic E-state index is 12.9. The van der Waals surface area contributed by atoms with E-state index in [1.54, 1.807) is 52.2 Å². The molecule has 0 radical (unpaired) electrons. The Labute approximate surface area is 868 Å². The third-order valence-corrected chi connectivity index (χ3v) is 32.5. The zero-order valence-electron chi connectivity index (χ0n) is 79.7. The van der Waals surface area contributed by atoms with Crippen molar-refractivity contribution in [1.82, 2.24) is 56.5 Å². The summed E-state index contributed by atoms with van der Waals surface area (Å²) >= 11 is 12.6. The van der Waals surface area contributed by atoms with Crippen LogP contribution < -0.4 is 87.1 Å². The summed E-state index contributed by atoms with van der Waals surface area (Å²) in [6.07, 6.45) is 7.34. The summed E-state index contributed by atoms with van der Waals surface area (Å²) in [6.45, 7) is 23.4. The molecule has 144 heavy (non-hydrogen) atoms. The molecule has 36 heteroatoms. The van der Waals surface area contributed by atoms with Gasteiger partial charge in [0.1, 0.15) is 65.0 Å². The van der Waals surface area contributed by atoms with Crippen molar-refractivity contribution in [1.29, 1.82) is 0 Å². The number of rotatable bonds is 22. The summed E-state index contributed by atoms with van der Waals surface area (Å²) in [4.78, 5) is 109. The summed E-state index contributed by atoms with van der Waals surface area (Å²) < 4.78 is 11.1. The lowest BCUT2D eigenvalue weighted by atomic mass is 10.1. The van der Waals surface area contributed by atoms with Crippen LogP contribution >= 0.6 is 91.1 Å². The number of hydrogen-bond acceptors (Lipinski definition) is 31. The first-order valence-corrected chi connectivity index (χ1v) is 55.3. The van der Waals surface area contributed by atoms with Crippen molar-refractivity contribution in [2.45, 2.75) is 37.6 Å². The Kier molecular flexibility index (Phi) is 33.3. The van der Waals surface area contributed by atoms with E-state index in [2.05, 4.69) is 213 Å². The van der Waals surface area contributed by atoms with Crippen molar-refractivity contribution < 1.29 is 33.4 Å². The molecule has 5 fully saturated rings. The number of thioether (sulfide) groups is 1. The SMILES string of the molecule is CSc1ccc(-c2nc(C(=O)Nc3ccccc3N3CCNCC3)cs2)cc1.C[C@@H]1CN(c2ccccc2NC(=O)c2csc(-c3ccc4c(c3)CCO4)n2)CCN1.Cc1ccc(-c2nc(C(=O)Nc3ccccc3N3CCNCC3)cs2)s1.O=C(Nc1ccccc1N1CCNCC1)c1csc(-c2ccc(-c3ccccc3)s2)n1.O=C(Nc1cnccc1N1CCNCC1)c1csc(-c2ccc3c(c2)CCO3)n1. The molecule has 0 unspecified atom stereocenters. The van der Waals surface area contributed by atoms with Gasteiger partial charge in [0.25, 0.3) is 29.5 Å². The highest BCUT2D eigenvalue weighted by molar-refractivity contribution is 7.98. The fraction of sp³-hybridized carbons (Fsp3) is 0.250. The van der Waals surface area contributed by atoms with E-state index < -0.39 is 0 Å². The second kappa shape index (κ2) is 48.3. The molecule has 0 bridgehead atoms. The van der Waals surface area contributed by atoms with E-state index >= 15 is 0 Å². The average Bonchev–Trinajstić information content (AvgIpc) is 1.60. The van der Waals surface area contributed by atoms with E-state index in [0.717, 1.165) is 265 Å². The van der Waals surface area contributed by atoms with Gasteiger partial charge in [-0.15, -0.1) is 91.1 Å². The van der Waals surface area contributed by atoms with E-state index in [1.807, 2.05) is 155 Å². The van der Waals surface area contributed by atoms with Crippen LogP contribution in [0.5, 0.6) is 11.5 Å². The van der Waals surface area contributed by atoms with E-state index in [-0.39, 0.29) is 29.5 Å². The largest absolute Gasteiger partial charge is 0.493 e. The molecule has 736 valence electrons. The number of aromatic nitrogens is 6. The molecule has 10 N–H and O–H groups in total. The third kappa shape index (κ3) is 25.1. The number of thiazole rings is 5. The number of para-hydroxylation sites is 8. The molecule has 8 aromatic carbocycles. The molecule has 0 saturated carbocycles. The van der Waals surface area contributed by atoms with Crippen LogP contribution in [0, 0.1) is 6.92 Å². The molecule has 7 aliphatic rings. The lowest BCUT2D eigenvalue weighted by Gasteiger charge is -2.34. The summed E-state index contributed by atoms with van der Waals surface area (Å²) in [5, 5.41) is 45.5. The highest BCUT2D eigenvalue weighted by Crippen LogP contribution is 2.41. The van der Waals surface area contributed by atoms with Gasteiger partial charge >= 0.3 is 0 Å². The van der Waals surface area contributed by atoms with Crippen LogP contribution in [0.4, 0.5) is 56.9 Å². The maximum Gasteiger partial charge on any atom is 0.275 e. The first-order valence-electron chi connectivity index (χ1n) is 48.0. The normalized spacial score (nSPS) is 15.2. The quantitative estimate of drug-likeness (QED) is 0.0282. The Bertz CT molecular complexity index is 7100. The van der Waals surface area contributed by atoms with Crippen molar-refractivity contribution in [2.75, 3.05) is 195 Å². The van der Waals surface area contributed by atoms with Gasteiger partial charge in [0, 0.05) is 208 Å². The van der Waals surface area contributed by atoms with Crippen LogP contribution in [0.1, 0.15) is 75.4 Å². The van der Waals surface area contributed by atoms with Crippen molar-refractivity contribution in [3.63, 3.8) is 0 Å². The Morgan fingerprint density at radius 3 is 1.11 bits per heavy atom. The minimum absolute atomic E-state index is 0.164. The number of carbonyl (C=O) groups excluding carboxylic acids is 5. The molecule has 8 aromatic heterocycles. The molecule has 5 saturated heterocycles. The van der Waals surface area contributed by atoms with Gasteiger partial charge in [0.2, 0.25) is 0 Å². The van der Waals surface area contributed by atoms with E-state index in [4.69, 9.17) is 9.47 Å². The second-order valence-electron chi connectivity index (χ2n) is 34.7. The first-order chi connectivity index (χ1) is 70.7. The number of aryl methyl sites for hydroxylation is 1. The number of nitrogens with one attached hydrogen (secondary N) is 10. The second-order valence-corrected chi connectivity index (χ2v) is 42.2. The van der Waals surface area contributed by atoms with Gasteiger partial charge in [-0.25, -0.2) is 24.9 Å². The molecule has 5 amide bonds. The molecular weight excluding hydrogens is 1960 g/mol. The van der Waals surface area contributed by atoms with Crippen LogP contribution in [-0.2, 0) is 12.8 Å². The number of anilines is 10. The van der Waals surface area contributed by atoms with Crippen molar-refractivity contribution >= 4 is 178 Å². The standard InChI is InChI=1S/C24H22N4OS2.C23H24N4O2S.C21H21N5O2S.C21H22N4OS2.C19H20N4OS2/c29-23(26-18-8-4-5-9-20(18)28-14-12-25-13-15-28)19-16-30-24(27-19)22-11-10-21(31-22)17-6-2-1-3-7-17;1-15-13-27(10-9-24-15)20-5-3-2-4-18(20)25-22(28)19-14-30-23(26-19)17-6-7-21-16(12-17)8-11-29-21;27-20(24-16-12-23-5-3-18(16)26-8-6-22-7-9-26)17-13-29-21(25-17)15-1-2-19-14(11-15)4-10-28-19;1-27-16-8-6-15(7-9-16)21-24-18(14-28-21)20(26)23-17-4-2-3-5-19(17)25-12-10-22-11-13-25;1-13-6-7-17(26-13)19-22-15(12-25-19)18(24)21-14-4-2-3-5-16(14)23-10-8-20-9-11-23/h1-11,16,25H,12-15H2,(H,26,29);2-7,12,14-15,24H,8-11,13H2,1H3,(H,25,28);1-3,5,11-13,22H,4,6-10H2,(H,24,27);2-9,14,22H,10-13H2,1H3,(H,23,26);2-7,12,20H,8-11H2,1H3,(H,21,24)/t;15-;;;/m.1.../s1. The zero-order chi connectivity index (χ0) is 98.5. The van der Waals surface area contributed by atoms with Gasteiger partial charge in [-0.05, 0) is 164 Å². The van der Waals surface area contributed by atoms with Crippen molar-refractivity contribution in [2.24, 2.45) is 0 Å². The van der Waals surface area contributed by atoms with E-state index in [9.17, 15) is 24.0 Å². The smallest absolute Gasteiger partial charge is 0.275 e. The summed E-state index contributed by atoms with van der Waals surface area (Å²) in [7, 11) is 0. The van der Waals surface area contributed by atoms with Crippen molar-refractivity contribution in [3.05, 3.63) is 302 Å². The van der Waals surface area contributed by atoms with Crippen LogP contribution in [0.25, 0.3) is 61.9 Å². The highest BCUT2D eigenvalue weighted by atomic mass is 32.2. The van der Waals surface area contributed by atoms with Gasteiger partial charge in [0.05, 0.1) is 86.0 Å². The summed E-state index contributed by atoms with van der Waals surface area (Å²) in [5.41, 5.74) is 18.1. The molecule has 0 aliphatic carbocycles. The number of fused-ring (bicyclic) bond motifs is 2. The minimum Gasteiger partial charge on any atom is -0.493 e. The number of hydrogen-bond donors (Lipinski definition) is 10. The van der Waals surface area contributed by atoms with E-state index in [1.165, 1.54) is 88.0 Å². The monoisotopic (exact) mass is 2070 g/mol. The molecule has 1 atom stereocenters. The van der Waals surface area contributed by atoms with Crippen LogP contribution in [0.3, 0.4) is 0 Å². The van der Waals surface area contributed by atoms with Crippen molar-refractivity contribution in [3.8, 4) is 73.4 Å². The number of benzene rings is 8. The van der Waals surface area contributed by atoms with E-state index in [0.29, 0.717) is 40.2 Å². The van der Waals surface area contributed by atoms with Gasteiger partial charge in [-0.1, -0.05) is 91.0 Å². The fourth-order valence-electron chi connectivity index (χ4n) is 17.5. The third-order valence-electron chi connectivity index (χ3n) is 24.9. The number of amides is 5. The number of pyridine rings is 1. The minimum atomic E-state index is -0.221. The Morgan fingerprint density at radius 1 is 0.354 bits per heavy atom. The highest BCUT2D eigenvalue weighted by Gasteiger charge is 2.28. The predicted octanol–water partition coefficient (Wildman–Crippen LogP) is 19.8. The fourth-order valence-corrected chi connectivity index (χ4v) is 24.0. The van der Waals surface area contributed by atoms with Gasteiger partial charge in [0.15, 0.2) is 0 Å². The molecule has 15 heterocycles. The zero-order valence-corrected chi connectivity index (χ0v) is 86.2. The van der Waals surface area contributed by atoms with Crippen LogP contribution in [-0.4, -0.2) is 209 Å². The molecule has 16 aromatic rings. The van der Waals surface area contributed by atoms with Gasteiger partial charge < -0.3 is 87.1 Å². The molecule has 0 spiro atoms. The number of piperazine rings is 5. The predicted molar refractivity (Wildman–Crippen MR) is 594 cm³/mol. The maximum absolute atomic E-state index is 12.9. The Morgan fingerprint density at radius 2 is 0.701 bits per heavy atom. The van der Waals surface area contributed by atoms with Gasteiger partial charge in [-0.2, -0.15) is 0 Å². The Hall–Kier alpha value is -13.4. The number of thiophene rings is 2. The lowest BCUT2D eigenvalue weighted by Crippen LogP contribution is -2.49. The molecular formula is C108H109N21O7S8. The average molecular weight is 2070 g/mol. The molecule has 23 rings (SSSR count). The number of nitrogens with zero attached hydrogens (tertiary/aromatic N) is 11. The summed E-state index contributed by atoms with van der Waals surface area (Å²) in [5.74, 6) is 0.977. The Balaban J connectivity index is 0.000000114. The van der Waals surface area contributed by atoms with Crippen LogP contribution in [0.2, 0.25) is 0 Å². The number of ether oxygens (including phenoxy) is 2. The number of carbonyl (C=O) groups is 5. The van der Waals surface area contributed by atoms with Crippen LogP contribution in [0.15, 0.2) is 263 Å². The summed E-state index contributed by atoms with van der Waals surface area (Å²) in [6, 6.07) is 73.3. The molecule has 7 aliphatic heterocycles.